The predicted molar refractivity (Wildman–Crippen MR) is 89.5 cm³/mol. The maximum Gasteiger partial charge on any atom is 0.345 e. The number of carbonyl (C=O) groups is 1. The third-order valence-corrected chi connectivity index (χ3v) is 4.09. The van der Waals surface area contributed by atoms with E-state index in [0.29, 0.717) is 24.6 Å². The molecule has 2 rings (SSSR count). The van der Waals surface area contributed by atoms with Gasteiger partial charge in [0.25, 0.3) is 5.91 Å². The Morgan fingerprint density at radius 3 is 2.87 bits per heavy atom. The molecule has 2 N–H and O–H groups in total. The van der Waals surface area contributed by atoms with Gasteiger partial charge in [-0.1, -0.05) is 19.9 Å². The number of aliphatic hydroxyl groups is 1. The first kappa shape index (κ1) is 17.4. The number of carbonyl (C=O) groups excluding carboxylic acids is 1. The van der Waals surface area contributed by atoms with E-state index < -0.39 is 5.69 Å². The Labute approximate surface area is 138 Å². The van der Waals surface area contributed by atoms with Crippen LogP contribution >= 0.6 is 11.3 Å². The van der Waals surface area contributed by atoms with E-state index in [1.807, 2.05) is 31.4 Å². The van der Waals surface area contributed by atoms with Gasteiger partial charge in [-0.3, -0.25) is 4.79 Å². The molecule has 0 unspecified atom stereocenters. The van der Waals surface area contributed by atoms with Crippen molar-refractivity contribution in [3.8, 4) is 0 Å². The molecule has 2 aromatic heterocycles. The molecule has 0 aliphatic rings. The van der Waals surface area contributed by atoms with Crippen LogP contribution in [0.3, 0.4) is 0 Å². The first-order valence-corrected chi connectivity index (χ1v) is 8.40. The molecule has 2 heterocycles. The summed E-state index contributed by atoms with van der Waals surface area (Å²) in [4.78, 5) is 33.3. The van der Waals surface area contributed by atoms with E-state index >= 15 is 0 Å². The number of aromatic nitrogens is 2. The standard InChI is InChI=1S/C16H21N3O3S/c1-11(2)8-12-9-14(18-16(22)17-12)15(21)19(5-6-20)10-13-4-3-7-23-13/h3-4,7,9,11,20H,5-6,8,10H2,1-2H3,(H,17,18,22). The van der Waals surface area contributed by atoms with Gasteiger partial charge >= 0.3 is 5.69 Å². The van der Waals surface area contributed by atoms with E-state index in [0.717, 1.165) is 4.88 Å². The average Bonchev–Trinajstić information content (AvgIpc) is 2.97. The van der Waals surface area contributed by atoms with E-state index in [1.54, 1.807) is 17.4 Å². The number of rotatable bonds is 7. The molecular weight excluding hydrogens is 314 g/mol. The Balaban J connectivity index is 2.24. The Morgan fingerprint density at radius 2 is 2.26 bits per heavy atom. The number of thiophene rings is 1. The fraction of sp³-hybridized carbons (Fsp3) is 0.438. The van der Waals surface area contributed by atoms with Gasteiger partial charge in [0.2, 0.25) is 0 Å². The second kappa shape index (κ2) is 8.03. The molecule has 0 saturated carbocycles. The topological polar surface area (TPSA) is 86.3 Å². The number of hydrogen-bond donors (Lipinski definition) is 2. The maximum atomic E-state index is 12.7. The lowest BCUT2D eigenvalue weighted by Gasteiger charge is -2.20. The zero-order valence-corrected chi connectivity index (χ0v) is 14.1. The fourth-order valence-corrected chi connectivity index (χ4v) is 3.01. The van der Waals surface area contributed by atoms with Crippen molar-refractivity contribution in [2.24, 2.45) is 5.92 Å². The molecule has 0 aliphatic carbocycles. The fourth-order valence-electron chi connectivity index (χ4n) is 2.29. The molecule has 6 nitrogen and oxygen atoms in total. The highest BCUT2D eigenvalue weighted by Crippen LogP contribution is 2.14. The minimum Gasteiger partial charge on any atom is -0.395 e. The molecule has 124 valence electrons. The van der Waals surface area contributed by atoms with Gasteiger partial charge < -0.3 is 15.0 Å². The summed E-state index contributed by atoms with van der Waals surface area (Å²) in [7, 11) is 0. The highest BCUT2D eigenvalue weighted by molar-refractivity contribution is 7.09. The molecule has 2 aromatic rings. The quantitative estimate of drug-likeness (QED) is 0.806. The van der Waals surface area contributed by atoms with Crippen molar-refractivity contribution in [3.63, 3.8) is 0 Å². The van der Waals surface area contributed by atoms with Crippen molar-refractivity contribution < 1.29 is 9.90 Å². The normalized spacial score (nSPS) is 11.0. The molecule has 0 fully saturated rings. The van der Waals surface area contributed by atoms with E-state index in [9.17, 15) is 14.7 Å². The number of nitrogens with one attached hydrogen (secondary N) is 1. The zero-order valence-electron chi connectivity index (χ0n) is 13.3. The monoisotopic (exact) mass is 335 g/mol. The minimum absolute atomic E-state index is 0.120. The van der Waals surface area contributed by atoms with Crippen LogP contribution in [0.25, 0.3) is 0 Å². The zero-order chi connectivity index (χ0) is 16.8. The molecule has 0 aliphatic heterocycles. The van der Waals surface area contributed by atoms with E-state index in [1.165, 1.54) is 4.90 Å². The van der Waals surface area contributed by atoms with Gasteiger partial charge in [0, 0.05) is 17.1 Å². The number of amides is 1. The van der Waals surface area contributed by atoms with Crippen LogP contribution in [0.1, 0.15) is 34.9 Å². The summed E-state index contributed by atoms with van der Waals surface area (Å²) in [5.41, 5.74) is 0.296. The summed E-state index contributed by atoms with van der Waals surface area (Å²) in [6.45, 7) is 4.53. The molecular formula is C16H21N3O3S. The third-order valence-electron chi connectivity index (χ3n) is 3.23. The van der Waals surface area contributed by atoms with E-state index in [-0.39, 0.29) is 24.8 Å². The molecule has 0 atom stereocenters. The van der Waals surface area contributed by atoms with Crippen molar-refractivity contribution in [2.75, 3.05) is 13.2 Å². The summed E-state index contributed by atoms with van der Waals surface area (Å²) in [5, 5.41) is 11.1. The van der Waals surface area contributed by atoms with Crippen LogP contribution in [0.5, 0.6) is 0 Å². The Bertz CT molecular complexity index is 695. The number of nitrogens with zero attached hydrogens (tertiary/aromatic N) is 2. The second-order valence-corrected chi connectivity index (χ2v) is 6.76. The lowest BCUT2D eigenvalue weighted by Crippen LogP contribution is -2.35. The van der Waals surface area contributed by atoms with Crippen LogP contribution in [0.15, 0.2) is 28.4 Å². The Morgan fingerprint density at radius 1 is 1.48 bits per heavy atom. The molecule has 0 aromatic carbocycles. The Hall–Kier alpha value is -1.99. The van der Waals surface area contributed by atoms with E-state index in [4.69, 9.17) is 0 Å². The van der Waals surface area contributed by atoms with E-state index in [2.05, 4.69) is 9.97 Å². The Kier molecular flexibility index (Phi) is 6.06. The lowest BCUT2D eigenvalue weighted by molar-refractivity contribution is 0.0703. The summed E-state index contributed by atoms with van der Waals surface area (Å²) < 4.78 is 0. The van der Waals surface area contributed by atoms with Gasteiger partial charge in [-0.2, -0.15) is 4.98 Å². The molecule has 1 amide bonds. The maximum absolute atomic E-state index is 12.7. The van der Waals surface area contributed by atoms with Crippen LogP contribution < -0.4 is 5.69 Å². The first-order valence-electron chi connectivity index (χ1n) is 7.52. The van der Waals surface area contributed by atoms with Crippen LogP contribution in [-0.4, -0.2) is 39.0 Å². The van der Waals surface area contributed by atoms with Crippen molar-refractivity contribution in [1.29, 1.82) is 0 Å². The first-order chi connectivity index (χ1) is 11.0. The second-order valence-electron chi connectivity index (χ2n) is 5.72. The van der Waals surface area contributed by atoms with Crippen LogP contribution in [0.2, 0.25) is 0 Å². The van der Waals surface area contributed by atoms with Gasteiger partial charge in [0.15, 0.2) is 0 Å². The van der Waals surface area contributed by atoms with Crippen molar-refractivity contribution in [1.82, 2.24) is 14.9 Å². The van der Waals surface area contributed by atoms with Crippen LogP contribution in [-0.2, 0) is 13.0 Å². The third kappa shape index (κ3) is 5.01. The molecule has 0 radical (unpaired) electrons. The predicted octanol–water partition coefficient (Wildman–Crippen LogP) is 1.66. The summed E-state index contributed by atoms with van der Waals surface area (Å²) >= 11 is 1.54. The molecule has 7 heteroatoms. The number of aromatic amines is 1. The van der Waals surface area contributed by atoms with Crippen LogP contribution in [0, 0.1) is 5.92 Å². The number of H-pyrrole nitrogens is 1. The molecule has 23 heavy (non-hydrogen) atoms. The van der Waals surface area contributed by atoms with Gasteiger partial charge in [-0.25, -0.2) is 4.79 Å². The smallest absolute Gasteiger partial charge is 0.345 e. The lowest BCUT2D eigenvalue weighted by atomic mass is 10.1. The van der Waals surface area contributed by atoms with Gasteiger partial charge in [-0.15, -0.1) is 11.3 Å². The van der Waals surface area contributed by atoms with Crippen molar-refractivity contribution in [2.45, 2.75) is 26.8 Å². The highest BCUT2D eigenvalue weighted by Gasteiger charge is 2.19. The summed E-state index contributed by atoms with van der Waals surface area (Å²) in [6.07, 6.45) is 0.670. The van der Waals surface area contributed by atoms with Gasteiger partial charge in [-0.05, 0) is 29.9 Å². The highest BCUT2D eigenvalue weighted by atomic mass is 32.1. The van der Waals surface area contributed by atoms with Crippen molar-refractivity contribution in [3.05, 3.63) is 50.3 Å². The largest absolute Gasteiger partial charge is 0.395 e. The summed E-state index contributed by atoms with van der Waals surface area (Å²) in [6, 6.07) is 5.47. The minimum atomic E-state index is -0.522. The van der Waals surface area contributed by atoms with Crippen molar-refractivity contribution >= 4 is 17.2 Å². The SMILES string of the molecule is CC(C)Cc1cc(C(=O)N(CCO)Cc2cccs2)nc(=O)[nH]1. The average molecular weight is 335 g/mol. The number of hydrogen-bond acceptors (Lipinski definition) is 5. The number of aliphatic hydroxyl groups excluding tert-OH is 1. The van der Waals surface area contributed by atoms with Crippen LogP contribution in [0.4, 0.5) is 0 Å². The van der Waals surface area contributed by atoms with Gasteiger partial charge in [0.05, 0.1) is 13.2 Å². The summed E-state index contributed by atoms with van der Waals surface area (Å²) in [5.74, 6) is 0.0132. The molecule has 0 saturated heterocycles. The molecule has 0 spiro atoms. The molecule has 0 bridgehead atoms. The van der Waals surface area contributed by atoms with Gasteiger partial charge in [0.1, 0.15) is 5.69 Å².